The van der Waals surface area contributed by atoms with Gasteiger partial charge in [-0.05, 0) is 61.4 Å². The number of thiazole rings is 1. The first-order chi connectivity index (χ1) is 21.6. The molecule has 1 N–H and O–H groups in total. The lowest BCUT2D eigenvalue weighted by molar-refractivity contribution is -0.145. The summed E-state index contributed by atoms with van der Waals surface area (Å²) >= 11 is 7.01. The van der Waals surface area contributed by atoms with Crippen molar-refractivity contribution in [2.24, 2.45) is 10.2 Å². The highest BCUT2D eigenvalue weighted by Crippen LogP contribution is 2.40. The van der Waals surface area contributed by atoms with Crippen LogP contribution >= 0.6 is 22.9 Å². The van der Waals surface area contributed by atoms with Crippen LogP contribution in [0.3, 0.4) is 0 Å². The largest absolute Gasteiger partial charge is 0.492 e. The number of alkyl halides is 3. The average molecular weight is 678 g/mol. The van der Waals surface area contributed by atoms with Gasteiger partial charge in [0.1, 0.15) is 11.6 Å². The molecule has 2 unspecified atom stereocenters. The molecule has 0 aliphatic carbocycles. The van der Waals surface area contributed by atoms with Crippen LogP contribution in [-0.4, -0.2) is 71.7 Å². The van der Waals surface area contributed by atoms with Gasteiger partial charge in [0.25, 0.3) is 0 Å². The summed E-state index contributed by atoms with van der Waals surface area (Å²) in [7, 11) is 2.94. The second-order valence-electron chi connectivity index (χ2n) is 11.9. The van der Waals surface area contributed by atoms with Crippen molar-refractivity contribution in [3.8, 4) is 5.88 Å². The lowest BCUT2D eigenvalue weighted by atomic mass is 9.96. The number of nitrogens with zero attached hydrogens (tertiary/aromatic N) is 5. The van der Waals surface area contributed by atoms with Crippen LogP contribution in [0.4, 0.5) is 23.1 Å². The number of halogens is 4. The van der Waals surface area contributed by atoms with Gasteiger partial charge in [-0.2, -0.15) is 28.4 Å². The number of amides is 1. The van der Waals surface area contributed by atoms with Crippen molar-refractivity contribution < 1.29 is 37.3 Å². The summed E-state index contributed by atoms with van der Waals surface area (Å²) in [5.74, 6) is -0.981. The van der Waals surface area contributed by atoms with Crippen LogP contribution in [0, 0.1) is 0 Å². The van der Waals surface area contributed by atoms with E-state index in [1.54, 1.807) is 57.1 Å². The van der Waals surface area contributed by atoms with E-state index in [1.807, 2.05) is 0 Å². The Morgan fingerprint density at radius 3 is 2.59 bits per heavy atom. The van der Waals surface area contributed by atoms with Gasteiger partial charge in [0.05, 0.1) is 35.2 Å². The normalized spacial score (nSPS) is 18.2. The molecule has 2 atom stereocenters. The van der Waals surface area contributed by atoms with Gasteiger partial charge >= 0.3 is 18.2 Å². The van der Waals surface area contributed by atoms with E-state index >= 15 is 0 Å². The predicted octanol–water partition coefficient (Wildman–Crippen LogP) is 4.92. The van der Waals surface area contributed by atoms with Crippen molar-refractivity contribution in [1.29, 1.82) is 0 Å². The van der Waals surface area contributed by atoms with Gasteiger partial charge in [-0.25, -0.2) is 9.59 Å². The molecule has 0 spiro atoms. The van der Waals surface area contributed by atoms with Gasteiger partial charge in [0.15, 0.2) is 5.13 Å². The number of aromatic hydroxyl groups is 1. The molecule has 2 aliphatic rings. The van der Waals surface area contributed by atoms with E-state index in [9.17, 15) is 27.9 Å². The van der Waals surface area contributed by atoms with Crippen molar-refractivity contribution in [2.45, 2.75) is 57.5 Å². The number of likely N-dealkylation sites (N-methyl/N-ethyl adjacent to an activating group) is 1. The molecule has 1 amide bonds. The zero-order chi connectivity index (χ0) is 33.6. The number of methoxy groups -OCH3 is 1. The minimum absolute atomic E-state index is 0.0434. The third-order valence-electron chi connectivity index (χ3n) is 7.58. The van der Waals surface area contributed by atoms with Crippen LogP contribution < -0.4 is 15.5 Å². The Morgan fingerprint density at radius 2 is 1.91 bits per heavy atom. The molecule has 0 radical (unpaired) electrons. The Labute approximate surface area is 271 Å². The SMILES string of the molecule is COC(=O)C1CC(N(C)c2nc(O)c(C(Cc3ccc(Cl)cc3C(F)(F)F)=c3ccc4c(c3)C=NN=4)s2)CN1C(=O)OC(C)(C)C. The van der Waals surface area contributed by atoms with Crippen LogP contribution in [0.15, 0.2) is 46.6 Å². The molecule has 10 nitrogen and oxygen atoms in total. The Bertz CT molecular complexity index is 1840. The van der Waals surface area contributed by atoms with Crippen molar-refractivity contribution in [1.82, 2.24) is 9.88 Å². The summed E-state index contributed by atoms with van der Waals surface area (Å²) in [4.78, 5) is 33.3. The molecule has 3 heterocycles. The highest BCUT2D eigenvalue weighted by atomic mass is 35.5. The Hall–Kier alpha value is -4.17. The van der Waals surface area contributed by atoms with E-state index in [2.05, 4.69) is 15.2 Å². The number of aromatic nitrogens is 1. The van der Waals surface area contributed by atoms with Crippen LogP contribution in [-0.2, 0) is 26.9 Å². The average Bonchev–Trinajstić information content (AvgIpc) is 3.72. The number of anilines is 1. The summed E-state index contributed by atoms with van der Waals surface area (Å²) in [5, 5.41) is 20.5. The fourth-order valence-corrected chi connectivity index (χ4v) is 6.57. The Balaban J connectivity index is 1.54. The lowest BCUT2D eigenvalue weighted by Gasteiger charge is -2.27. The molecule has 0 saturated carbocycles. The fraction of sp³-hybridized carbons (Fsp3) is 0.387. The van der Waals surface area contributed by atoms with Crippen molar-refractivity contribution in [3.05, 3.63) is 73.6 Å². The minimum Gasteiger partial charge on any atom is -0.492 e. The number of fused-ring (bicyclic) bond motifs is 1. The summed E-state index contributed by atoms with van der Waals surface area (Å²) in [6.07, 6.45) is -3.82. The number of esters is 1. The summed E-state index contributed by atoms with van der Waals surface area (Å²) < 4.78 is 52.7. The minimum atomic E-state index is -4.67. The molecule has 15 heteroatoms. The fourth-order valence-electron chi connectivity index (χ4n) is 5.34. The van der Waals surface area contributed by atoms with Gasteiger partial charge in [-0.1, -0.05) is 35.1 Å². The molecule has 2 aromatic carbocycles. The maximum atomic E-state index is 14.1. The number of carbonyl (C=O) groups is 2. The molecule has 0 bridgehead atoms. The molecule has 3 aromatic rings. The molecule has 46 heavy (non-hydrogen) atoms. The van der Waals surface area contributed by atoms with Gasteiger partial charge in [-0.3, -0.25) is 4.90 Å². The van der Waals surface area contributed by atoms with Crippen LogP contribution in [0.1, 0.15) is 48.8 Å². The third-order valence-corrected chi connectivity index (χ3v) is 9.01. The number of carbonyl (C=O) groups excluding carboxylic acids is 2. The van der Waals surface area contributed by atoms with E-state index in [0.29, 0.717) is 26.8 Å². The van der Waals surface area contributed by atoms with Crippen molar-refractivity contribution in [3.63, 3.8) is 0 Å². The Kier molecular flexibility index (Phi) is 9.06. The number of rotatable bonds is 6. The smallest absolute Gasteiger partial charge is 0.416 e. The van der Waals surface area contributed by atoms with Crippen molar-refractivity contribution in [2.75, 3.05) is 25.6 Å². The first-order valence-electron chi connectivity index (χ1n) is 14.2. The van der Waals surface area contributed by atoms with E-state index in [-0.39, 0.29) is 40.7 Å². The predicted molar refractivity (Wildman–Crippen MR) is 167 cm³/mol. The van der Waals surface area contributed by atoms with E-state index in [1.165, 1.54) is 24.1 Å². The van der Waals surface area contributed by atoms with E-state index in [0.717, 1.165) is 17.4 Å². The zero-order valence-electron chi connectivity index (χ0n) is 25.6. The van der Waals surface area contributed by atoms with Crippen LogP contribution in [0.5, 0.6) is 5.88 Å². The topological polar surface area (TPSA) is 117 Å². The monoisotopic (exact) mass is 677 g/mol. The van der Waals surface area contributed by atoms with Crippen LogP contribution in [0.2, 0.25) is 5.02 Å². The van der Waals surface area contributed by atoms with Gasteiger partial charge in [-0.15, -0.1) is 0 Å². The van der Waals surface area contributed by atoms with Gasteiger partial charge in [0.2, 0.25) is 5.88 Å². The maximum absolute atomic E-state index is 14.1. The summed E-state index contributed by atoms with van der Waals surface area (Å²) in [5.41, 5.74) is -0.667. The Morgan fingerprint density at radius 1 is 1.17 bits per heavy atom. The second kappa shape index (κ2) is 12.6. The number of hydrogen-bond donors (Lipinski definition) is 1. The standard InChI is InChI=1S/C31H31ClF3N5O5S/c1-30(2,3)45-29(43)40-15-20(13-24(40)27(42)44-5)39(4)28-37-26(41)25(46-28)21(16-7-9-23-18(10-16)14-36-38-23)11-17-6-8-19(32)12-22(17)31(33,34)35/h6-10,12,14,20,24,41H,11,13,15H2,1-5H3. The highest BCUT2D eigenvalue weighted by molar-refractivity contribution is 7.17. The number of likely N-dealkylation sites (tertiary alicyclic amines) is 1. The molecule has 1 saturated heterocycles. The first kappa shape index (κ1) is 33.2. The quantitative estimate of drug-likeness (QED) is 0.369. The molecular formula is C31H31ClF3N5O5S. The third kappa shape index (κ3) is 6.97. The summed E-state index contributed by atoms with van der Waals surface area (Å²) in [6, 6.07) is 7.39. The highest BCUT2D eigenvalue weighted by Gasteiger charge is 2.44. The zero-order valence-corrected chi connectivity index (χ0v) is 27.1. The number of hydrogen-bond acceptors (Lipinski definition) is 10. The van der Waals surface area contributed by atoms with E-state index in [4.69, 9.17) is 21.1 Å². The molecule has 5 rings (SSSR count). The molecule has 244 valence electrons. The van der Waals surface area contributed by atoms with Gasteiger partial charge < -0.3 is 19.5 Å². The molecule has 2 aliphatic heterocycles. The number of benzene rings is 2. The lowest BCUT2D eigenvalue weighted by Crippen LogP contribution is -2.44. The number of ether oxygens (including phenoxy) is 2. The van der Waals surface area contributed by atoms with Crippen molar-refractivity contribution >= 4 is 51.9 Å². The first-order valence-corrected chi connectivity index (χ1v) is 15.4. The van der Waals surface area contributed by atoms with Crippen LogP contribution in [0.25, 0.3) is 5.57 Å². The summed E-state index contributed by atoms with van der Waals surface area (Å²) in [6.45, 7) is 5.26. The van der Waals surface area contributed by atoms with Gasteiger partial charge in [0, 0.05) is 37.0 Å². The maximum Gasteiger partial charge on any atom is 0.416 e. The molecule has 1 fully saturated rings. The molecule has 1 aromatic heterocycles. The van der Waals surface area contributed by atoms with E-state index < -0.39 is 41.5 Å². The molecular weight excluding hydrogens is 647 g/mol. The second-order valence-corrected chi connectivity index (χ2v) is 13.3.